The zero-order valence-corrected chi connectivity index (χ0v) is 15.3. The molecule has 1 aliphatic heterocycles. The SMILES string of the molecule is COc1cccc(C2CCCN2C(=O)c2cnc3cc(C)nn3c2C)c1. The van der Waals surface area contributed by atoms with Crippen LogP contribution in [0, 0.1) is 13.8 Å². The molecule has 134 valence electrons. The van der Waals surface area contributed by atoms with Crippen LogP contribution in [0.4, 0.5) is 0 Å². The molecule has 1 unspecified atom stereocenters. The van der Waals surface area contributed by atoms with Crippen molar-refractivity contribution in [2.75, 3.05) is 13.7 Å². The van der Waals surface area contributed by atoms with Gasteiger partial charge in [-0.15, -0.1) is 0 Å². The van der Waals surface area contributed by atoms with Crippen molar-refractivity contribution in [3.8, 4) is 5.75 Å². The number of benzene rings is 1. The van der Waals surface area contributed by atoms with Gasteiger partial charge in [0.15, 0.2) is 5.65 Å². The maximum Gasteiger partial charge on any atom is 0.257 e. The molecule has 0 bridgehead atoms. The normalized spacial score (nSPS) is 17.0. The third-order valence-electron chi connectivity index (χ3n) is 5.07. The average molecular weight is 350 g/mol. The van der Waals surface area contributed by atoms with E-state index in [0.29, 0.717) is 5.56 Å². The van der Waals surface area contributed by atoms with E-state index < -0.39 is 0 Å². The smallest absolute Gasteiger partial charge is 0.257 e. The fourth-order valence-electron chi connectivity index (χ4n) is 3.73. The lowest BCUT2D eigenvalue weighted by molar-refractivity contribution is 0.0733. The summed E-state index contributed by atoms with van der Waals surface area (Å²) in [5.41, 5.74) is 4.19. The van der Waals surface area contributed by atoms with Gasteiger partial charge in [-0.3, -0.25) is 4.79 Å². The number of amides is 1. The highest BCUT2D eigenvalue weighted by atomic mass is 16.5. The molecule has 1 aromatic carbocycles. The minimum absolute atomic E-state index is 0.00960. The van der Waals surface area contributed by atoms with E-state index in [9.17, 15) is 4.79 Å². The molecular formula is C20H22N4O2. The van der Waals surface area contributed by atoms with E-state index in [1.165, 1.54) is 0 Å². The Labute approximate surface area is 152 Å². The number of carbonyl (C=O) groups is 1. The van der Waals surface area contributed by atoms with Gasteiger partial charge in [-0.2, -0.15) is 5.10 Å². The molecule has 0 spiro atoms. The fraction of sp³-hybridized carbons (Fsp3) is 0.350. The number of methoxy groups -OCH3 is 1. The Morgan fingerprint density at radius 2 is 2.12 bits per heavy atom. The molecule has 4 rings (SSSR count). The quantitative estimate of drug-likeness (QED) is 0.727. The second-order valence-corrected chi connectivity index (χ2v) is 6.75. The van der Waals surface area contributed by atoms with Gasteiger partial charge in [-0.25, -0.2) is 9.50 Å². The lowest BCUT2D eigenvalue weighted by atomic mass is 10.0. The van der Waals surface area contributed by atoms with E-state index in [0.717, 1.165) is 47.7 Å². The molecule has 1 atom stereocenters. The van der Waals surface area contributed by atoms with Crippen molar-refractivity contribution in [1.29, 1.82) is 0 Å². The molecule has 3 heterocycles. The highest BCUT2D eigenvalue weighted by Gasteiger charge is 2.32. The number of aryl methyl sites for hydroxylation is 2. The number of carbonyl (C=O) groups excluding carboxylic acids is 1. The first-order chi connectivity index (χ1) is 12.6. The Hall–Kier alpha value is -2.89. The van der Waals surface area contributed by atoms with E-state index in [4.69, 9.17) is 4.74 Å². The monoisotopic (exact) mass is 350 g/mol. The first kappa shape index (κ1) is 16.6. The topological polar surface area (TPSA) is 59.7 Å². The van der Waals surface area contributed by atoms with Crippen LogP contribution in [0.2, 0.25) is 0 Å². The Morgan fingerprint density at radius 1 is 1.27 bits per heavy atom. The lowest BCUT2D eigenvalue weighted by Gasteiger charge is -2.26. The van der Waals surface area contributed by atoms with Crippen LogP contribution in [0.5, 0.6) is 5.75 Å². The van der Waals surface area contributed by atoms with Gasteiger partial charge in [0.1, 0.15) is 5.75 Å². The number of nitrogens with zero attached hydrogens (tertiary/aromatic N) is 4. The third kappa shape index (κ3) is 2.71. The highest BCUT2D eigenvalue weighted by molar-refractivity contribution is 5.95. The van der Waals surface area contributed by atoms with E-state index in [1.807, 2.05) is 43.0 Å². The minimum atomic E-state index is 0.00960. The molecule has 0 radical (unpaired) electrons. The summed E-state index contributed by atoms with van der Waals surface area (Å²) in [5, 5.41) is 4.45. The molecule has 1 amide bonds. The van der Waals surface area contributed by atoms with Crippen LogP contribution < -0.4 is 4.74 Å². The molecule has 0 N–H and O–H groups in total. The number of rotatable bonds is 3. The van der Waals surface area contributed by atoms with Gasteiger partial charge < -0.3 is 9.64 Å². The maximum atomic E-state index is 13.3. The molecule has 0 aliphatic carbocycles. The predicted molar refractivity (Wildman–Crippen MR) is 98.5 cm³/mol. The molecule has 1 saturated heterocycles. The van der Waals surface area contributed by atoms with Crippen molar-refractivity contribution < 1.29 is 9.53 Å². The second kappa shape index (κ2) is 6.44. The van der Waals surface area contributed by atoms with Crippen LogP contribution in [-0.4, -0.2) is 39.1 Å². The molecule has 6 nitrogen and oxygen atoms in total. The van der Waals surface area contributed by atoms with Crippen LogP contribution >= 0.6 is 0 Å². The van der Waals surface area contributed by atoms with Crippen LogP contribution in [0.15, 0.2) is 36.5 Å². The Bertz CT molecular complexity index is 979. The van der Waals surface area contributed by atoms with Gasteiger partial charge in [0, 0.05) is 18.8 Å². The molecule has 0 saturated carbocycles. The van der Waals surface area contributed by atoms with E-state index in [1.54, 1.807) is 17.8 Å². The van der Waals surface area contributed by atoms with Crippen molar-refractivity contribution in [3.05, 3.63) is 59.0 Å². The molecule has 26 heavy (non-hydrogen) atoms. The largest absolute Gasteiger partial charge is 0.497 e. The first-order valence-corrected chi connectivity index (χ1v) is 8.85. The number of likely N-dealkylation sites (tertiary alicyclic amines) is 1. The van der Waals surface area contributed by atoms with Crippen molar-refractivity contribution >= 4 is 11.6 Å². The number of aromatic nitrogens is 3. The summed E-state index contributed by atoms with van der Waals surface area (Å²) in [6, 6.07) is 9.95. The predicted octanol–water partition coefficient (Wildman–Crippen LogP) is 3.33. The summed E-state index contributed by atoms with van der Waals surface area (Å²) in [4.78, 5) is 19.6. The molecular weight excluding hydrogens is 328 g/mol. The summed E-state index contributed by atoms with van der Waals surface area (Å²) >= 11 is 0. The molecule has 3 aromatic rings. The summed E-state index contributed by atoms with van der Waals surface area (Å²) in [7, 11) is 1.66. The third-order valence-corrected chi connectivity index (χ3v) is 5.07. The molecule has 1 fully saturated rings. The van der Waals surface area contributed by atoms with Crippen molar-refractivity contribution in [3.63, 3.8) is 0 Å². The highest BCUT2D eigenvalue weighted by Crippen LogP contribution is 2.34. The maximum absolute atomic E-state index is 13.3. The van der Waals surface area contributed by atoms with Crippen LogP contribution in [0.1, 0.15) is 46.2 Å². The zero-order valence-electron chi connectivity index (χ0n) is 15.3. The Kier molecular flexibility index (Phi) is 4.11. The van der Waals surface area contributed by atoms with Crippen molar-refractivity contribution in [2.45, 2.75) is 32.7 Å². The van der Waals surface area contributed by atoms with E-state index >= 15 is 0 Å². The fourth-order valence-corrected chi connectivity index (χ4v) is 3.73. The van der Waals surface area contributed by atoms with Gasteiger partial charge in [-0.05, 0) is 44.4 Å². The summed E-state index contributed by atoms with van der Waals surface area (Å²) in [5.74, 6) is 0.823. The van der Waals surface area contributed by atoms with Crippen molar-refractivity contribution in [1.82, 2.24) is 19.5 Å². The van der Waals surface area contributed by atoms with Gasteiger partial charge in [0.25, 0.3) is 5.91 Å². The van der Waals surface area contributed by atoms with Crippen LogP contribution in [0.25, 0.3) is 5.65 Å². The van der Waals surface area contributed by atoms with Gasteiger partial charge in [-0.1, -0.05) is 12.1 Å². The van der Waals surface area contributed by atoms with Crippen LogP contribution in [0.3, 0.4) is 0 Å². The molecule has 2 aromatic heterocycles. The lowest BCUT2D eigenvalue weighted by Crippen LogP contribution is -2.31. The zero-order chi connectivity index (χ0) is 18.3. The van der Waals surface area contributed by atoms with E-state index in [2.05, 4.69) is 16.1 Å². The van der Waals surface area contributed by atoms with E-state index in [-0.39, 0.29) is 11.9 Å². The van der Waals surface area contributed by atoms with Crippen molar-refractivity contribution in [2.24, 2.45) is 0 Å². The van der Waals surface area contributed by atoms with Gasteiger partial charge in [0.2, 0.25) is 0 Å². The summed E-state index contributed by atoms with van der Waals surface area (Å²) in [6.07, 6.45) is 3.62. The summed E-state index contributed by atoms with van der Waals surface area (Å²) < 4.78 is 7.09. The molecule has 6 heteroatoms. The summed E-state index contributed by atoms with van der Waals surface area (Å²) in [6.45, 7) is 4.59. The first-order valence-electron chi connectivity index (χ1n) is 8.85. The molecule has 1 aliphatic rings. The number of hydrogen-bond donors (Lipinski definition) is 0. The number of hydrogen-bond acceptors (Lipinski definition) is 4. The average Bonchev–Trinajstić information content (AvgIpc) is 3.28. The van der Waals surface area contributed by atoms with Crippen LogP contribution in [-0.2, 0) is 0 Å². The van der Waals surface area contributed by atoms with Gasteiger partial charge >= 0.3 is 0 Å². The number of fused-ring (bicyclic) bond motifs is 1. The minimum Gasteiger partial charge on any atom is -0.497 e. The second-order valence-electron chi connectivity index (χ2n) is 6.75. The number of ether oxygens (including phenoxy) is 1. The standard InChI is InChI=1S/C20H22N4O2/c1-13-10-19-21-12-17(14(2)24(19)22-13)20(25)23-9-5-8-18(23)15-6-4-7-16(11-15)26-3/h4,6-7,10-12,18H,5,8-9H2,1-3H3. The Morgan fingerprint density at radius 3 is 2.92 bits per heavy atom. The van der Waals surface area contributed by atoms with Gasteiger partial charge in [0.05, 0.1) is 30.1 Å². The Balaban J connectivity index is 1.69.